The number of hydrogen-bond donors (Lipinski definition) is 4. The number of amides is 1. The van der Waals surface area contributed by atoms with Crippen molar-refractivity contribution < 1.29 is 4.79 Å². The van der Waals surface area contributed by atoms with Gasteiger partial charge in [0.2, 0.25) is 0 Å². The Morgan fingerprint density at radius 2 is 2.24 bits per heavy atom. The maximum absolute atomic E-state index is 11.2. The largest absolute Gasteiger partial charge is 0.366 e. The van der Waals surface area contributed by atoms with Crippen LogP contribution < -0.4 is 16.4 Å². The summed E-state index contributed by atoms with van der Waals surface area (Å²) in [5, 5.41) is 21.7. The lowest BCUT2D eigenvalue weighted by Gasteiger charge is -2.02. The molecule has 0 fully saturated rings. The fourth-order valence-electron chi connectivity index (χ4n) is 1.58. The van der Waals surface area contributed by atoms with Gasteiger partial charge in [0.15, 0.2) is 0 Å². The average Bonchev–Trinajstić information content (AvgIpc) is 2.73. The molecule has 2 rings (SSSR count). The fourth-order valence-corrected chi connectivity index (χ4v) is 1.58. The standard InChI is InChI=1S/C11H9N5O/c12-4-6(5-13)11-15-8-3-1-2-7(10(14)17)9(8)16-11/h1-4,12,15-16H,(H2,14,17)/b11-6+,12-4?. The number of hydrogen-bond acceptors (Lipinski definition) is 5. The summed E-state index contributed by atoms with van der Waals surface area (Å²) in [7, 11) is 0. The van der Waals surface area contributed by atoms with Gasteiger partial charge in [-0.3, -0.25) is 4.79 Å². The summed E-state index contributed by atoms with van der Waals surface area (Å²) in [6, 6.07) is 6.90. The maximum atomic E-state index is 11.2. The lowest BCUT2D eigenvalue weighted by atomic mass is 10.1. The molecule has 1 heterocycles. The molecule has 0 saturated heterocycles. The number of allylic oxidation sites excluding steroid dienone is 1. The Bertz CT molecular complexity index is 582. The van der Waals surface area contributed by atoms with Gasteiger partial charge in [-0.25, -0.2) is 0 Å². The van der Waals surface area contributed by atoms with Crippen LogP contribution in [-0.4, -0.2) is 12.1 Å². The van der Waals surface area contributed by atoms with Crippen molar-refractivity contribution in [1.29, 1.82) is 10.7 Å². The lowest BCUT2D eigenvalue weighted by molar-refractivity contribution is 0.100. The molecule has 1 aromatic carbocycles. The monoisotopic (exact) mass is 227 g/mol. The quantitative estimate of drug-likeness (QED) is 0.445. The maximum Gasteiger partial charge on any atom is 0.250 e. The number of benzene rings is 1. The molecule has 1 aliphatic heterocycles. The van der Waals surface area contributed by atoms with E-state index in [0.717, 1.165) is 6.21 Å². The van der Waals surface area contributed by atoms with E-state index in [0.29, 0.717) is 22.8 Å². The topological polar surface area (TPSA) is 115 Å². The Hall–Kier alpha value is -2.81. The van der Waals surface area contributed by atoms with E-state index in [1.54, 1.807) is 18.2 Å². The average molecular weight is 227 g/mol. The molecule has 0 saturated carbocycles. The summed E-state index contributed by atoms with van der Waals surface area (Å²) in [6.07, 6.45) is 0.936. The number of nitrogens with two attached hydrogens (primary N) is 1. The van der Waals surface area contributed by atoms with E-state index in [4.69, 9.17) is 16.4 Å². The van der Waals surface area contributed by atoms with Crippen molar-refractivity contribution in [2.24, 2.45) is 5.73 Å². The number of nitrogens with one attached hydrogen (secondary N) is 3. The lowest BCUT2D eigenvalue weighted by Crippen LogP contribution is -2.12. The first-order valence-corrected chi connectivity index (χ1v) is 4.79. The number of anilines is 2. The van der Waals surface area contributed by atoms with E-state index in [2.05, 4.69) is 10.6 Å². The summed E-state index contributed by atoms with van der Waals surface area (Å²) in [6.45, 7) is 0. The number of fused-ring (bicyclic) bond motifs is 1. The summed E-state index contributed by atoms with van der Waals surface area (Å²) in [5.74, 6) is -0.169. The first kappa shape index (κ1) is 10.7. The van der Waals surface area contributed by atoms with Crippen LogP contribution in [0.1, 0.15) is 10.4 Å². The highest BCUT2D eigenvalue weighted by molar-refractivity contribution is 6.04. The molecule has 1 aliphatic rings. The number of carbonyl (C=O) groups is 1. The van der Waals surface area contributed by atoms with Crippen LogP contribution in [0.15, 0.2) is 29.6 Å². The highest BCUT2D eigenvalue weighted by Gasteiger charge is 2.21. The van der Waals surface area contributed by atoms with Crippen LogP contribution in [-0.2, 0) is 0 Å². The number of nitrogens with zero attached hydrogens (tertiary/aromatic N) is 1. The number of carbonyl (C=O) groups excluding carboxylic acids is 1. The third-order valence-corrected chi connectivity index (χ3v) is 2.37. The molecule has 1 aromatic rings. The molecule has 17 heavy (non-hydrogen) atoms. The first-order chi connectivity index (χ1) is 8.17. The van der Waals surface area contributed by atoms with Gasteiger partial charge in [0, 0.05) is 6.21 Å². The third-order valence-electron chi connectivity index (χ3n) is 2.37. The number of para-hydroxylation sites is 1. The van der Waals surface area contributed by atoms with Crippen LogP contribution in [0.3, 0.4) is 0 Å². The van der Waals surface area contributed by atoms with Crippen LogP contribution in [0.4, 0.5) is 11.4 Å². The summed E-state index contributed by atoms with van der Waals surface area (Å²) < 4.78 is 0. The Kier molecular flexibility index (Phi) is 2.51. The van der Waals surface area contributed by atoms with E-state index in [9.17, 15) is 4.79 Å². The molecule has 0 radical (unpaired) electrons. The van der Waals surface area contributed by atoms with Gasteiger partial charge in [0.1, 0.15) is 17.5 Å². The van der Waals surface area contributed by atoms with Gasteiger partial charge < -0.3 is 21.8 Å². The van der Waals surface area contributed by atoms with Gasteiger partial charge in [-0.05, 0) is 12.1 Å². The molecule has 6 nitrogen and oxygen atoms in total. The molecule has 6 heteroatoms. The van der Waals surface area contributed by atoms with Crippen LogP contribution in [0.25, 0.3) is 0 Å². The van der Waals surface area contributed by atoms with Gasteiger partial charge in [0.25, 0.3) is 5.91 Å². The normalized spacial score (nSPS) is 15.0. The fraction of sp³-hybridized carbons (Fsp3) is 0. The zero-order valence-corrected chi connectivity index (χ0v) is 8.74. The predicted molar refractivity (Wildman–Crippen MR) is 63.6 cm³/mol. The van der Waals surface area contributed by atoms with Crippen molar-refractivity contribution in [2.75, 3.05) is 10.6 Å². The van der Waals surface area contributed by atoms with Crippen molar-refractivity contribution in [2.45, 2.75) is 0 Å². The van der Waals surface area contributed by atoms with E-state index in [-0.39, 0.29) is 5.57 Å². The van der Waals surface area contributed by atoms with E-state index in [1.807, 2.05) is 6.07 Å². The Balaban J connectivity index is 2.51. The van der Waals surface area contributed by atoms with Gasteiger partial charge in [-0.2, -0.15) is 5.26 Å². The van der Waals surface area contributed by atoms with Crippen molar-refractivity contribution in [1.82, 2.24) is 0 Å². The number of primary amides is 1. The van der Waals surface area contributed by atoms with E-state index in [1.165, 1.54) is 0 Å². The second kappa shape index (κ2) is 3.98. The minimum atomic E-state index is -0.550. The summed E-state index contributed by atoms with van der Waals surface area (Å²) in [4.78, 5) is 11.2. The molecule has 0 aliphatic carbocycles. The smallest absolute Gasteiger partial charge is 0.250 e. The van der Waals surface area contributed by atoms with E-state index < -0.39 is 5.91 Å². The van der Waals surface area contributed by atoms with Gasteiger partial charge in [0.05, 0.1) is 16.9 Å². The first-order valence-electron chi connectivity index (χ1n) is 4.79. The van der Waals surface area contributed by atoms with Crippen molar-refractivity contribution in [3.8, 4) is 6.07 Å². The molecule has 84 valence electrons. The SMILES string of the molecule is N#C/C(C=N)=C1\Nc2cccc(C(N)=O)c2N1. The highest BCUT2D eigenvalue weighted by Crippen LogP contribution is 2.34. The van der Waals surface area contributed by atoms with Gasteiger partial charge in [-0.15, -0.1) is 0 Å². The summed E-state index contributed by atoms with van der Waals surface area (Å²) >= 11 is 0. The molecule has 1 amide bonds. The van der Waals surface area contributed by atoms with Crippen LogP contribution in [0.5, 0.6) is 0 Å². The van der Waals surface area contributed by atoms with Gasteiger partial charge in [-0.1, -0.05) is 6.07 Å². The van der Waals surface area contributed by atoms with Gasteiger partial charge >= 0.3 is 0 Å². The Labute approximate surface area is 97.2 Å². The second-order valence-electron chi connectivity index (χ2n) is 3.39. The molecule has 0 atom stereocenters. The minimum absolute atomic E-state index is 0.150. The molecule has 0 spiro atoms. The second-order valence-corrected chi connectivity index (χ2v) is 3.39. The molecular weight excluding hydrogens is 218 g/mol. The zero-order valence-electron chi connectivity index (χ0n) is 8.74. The minimum Gasteiger partial charge on any atom is -0.366 e. The molecule has 0 unspecified atom stereocenters. The zero-order chi connectivity index (χ0) is 12.4. The van der Waals surface area contributed by atoms with Crippen LogP contribution >= 0.6 is 0 Å². The van der Waals surface area contributed by atoms with Crippen molar-refractivity contribution in [3.05, 3.63) is 35.2 Å². The third kappa shape index (κ3) is 1.70. The van der Waals surface area contributed by atoms with Crippen molar-refractivity contribution >= 4 is 23.5 Å². The highest BCUT2D eigenvalue weighted by atomic mass is 16.1. The Morgan fingerprint density at radius 3 is 2.82 bits per heavy atom. The molecule has 0 aromatic heterocycles. The number of rotatable bonds is 2. The number of nitriles is 1. The Morgan fingerprint density at radius 1 is 1.47 bits per heavy atom. The molecule has 0 bridgehead atoms. The summed E-state index contributed by atoms with van der Waals surface area (Å²) in [5.41, 5.74) is 6.92. The van der Waals surface area contributed by atoms with Crippen LogP contribution in [0, 0.1) is 16.7 Å². The molecular formula is C11H9N5O. The van der Waals surface area contributed by atoms with E-state index >= 15 is 0 Å². The van der Waals surface area contributed by atoms with Crippen LogP contribution in [0.2, 0.25) is 0 Å². The molecule has 5 N–H and O–H groups in total. The predicted octanol–water partition coefficient (Wildman–Crippen LogP) is 1.01. The van der Waals surface area contributed by atoms with Crippen molar-refractivity contribution in [3.63, 3.8) is 0 Å².